The quantitative estimate of drug-likeness (QED) is 0.536. The molecule has 28 heavy (non-hydrogen) atoms. The van der Waals surface area contributed by atoms with Gasteiger partial charge in [-0.25, -0.2) is 9.18 Å². The molecule has 0 heterocycles. The van der Waals surface area contributed by atoms with Crippen molar-refractivity contribution in [3.8, 4) is 5.75 Å². The minimum absolute atomic E-state index is 0.0299. The smallest absolute Gasteiger partial charge is 0.335 e. The molecule has 0 aliphatic carbocycles. The van der Waals surface area contributed by atoms with Crippen molar-refractivity contribution in [1.29, 1.82) is 0 Å². The van der Waals surface area contributed by atoms with Crippen LogP contribution < -0.4 is 10.1 Å². The van der Waals surface area contributed by atoms with Gasteiger partial charge in [-0.1, -0.05) is 35.9 Å². The third-order valence-corrected chi connectivity index (χ3v) is 4.66. The third kappa shape index (κ3) is 4.81. The van der Waals surface area contributed by atoms with Crippen molar-refractivity contribution < 1.29 is 19.0 Å². The van der Waals surface area contributed by atoms with Crippen LogP contribution in [0, 0.1) is 12.7 Å². The van der Waals surface area contributed by atoms with Crippen LogP contribution in [0.25, 0.3) is 0 Å². The Morgan fingerprint density at radius 2 is 1.93 bits per heavy atom. The zero-order chi connectivity index (χ0) is 20.1. The second kappa shape index (κ2) is 8.76. The van der Waals surface area contributed by atoms with Crippen molar-refractivity contribution in [3.05, 3.63) is 93.8 Å². The normalized spacial score (nSPS) is 10.5. The lowest BCUT2D eigenvalue weighted by atomic mass is 10.1. The van der Waals surface area contributed by atoms with Gasteiger partial charge in [0.05, 0.1) is 10.6 Å². The molecule has 0 amide bonds. The van der Waals surface area contributed by atoms with Gasteiger partial charge in [-0.2, -0.15) is 0 Å². The van der Waals surface area contributed by atoms with Crippen LogP contribution in [-0.4, -0.2) is 11.1 Å². The number of halogens is 2. The molecular formula is C22H19ClFNO3. The molecule has 3 aromatic carbocycles. The number of rotatable bonds is 7. The van der Waals surface area contributed by atoms with Crippen LogP contribution in [-0.2, 0) is 13.2 Å². The summed E-state index contributed by atoms with van der Waals surface area (Å²) in [6.45, 7) is 2.43. The van der Waals surface area contributed by atoms with E-state index in [1.54, 1.807) is 36.4 Å². The van der Waals surface area contributed by atoms with E-state index in [-0.39, 0.29) is 12.2 Å². The van der Waals surface area contributed by atoms with Gasteiger partial charge in [0, 0.05) is 17.8 Å². The Morgan fingerprint density at radius 3 is 2.68 bits per heavy atom. The van der Waals surface area contributed by atoms with Crippen LogP contribution in [0.3, 0.4) is 0 Å². The Balaban J connectivity index is 1.67. The van der Waals surface area contributed by atoms with Crippen LogP contribution in [0.1, 0.15) is 27.0 Å². The summed E-state index contributed by atoms with van der Waals surface area (Å²) in [6.07, 6.45) is 0. The number of hydrogen-bond donors (Lipinski definition) is 2. The molecule has 2 N–H and O–H groups in total. The Bertz CT molecular complexity index is 987. The van der Waals surface area contributed by atoms with Crippen LogP contribution in [0.4, 0.5) is 10.1 Å². The fourth-order valence-electron chi connectivity index (χ4n) is 2.71. The third-order valence-electron chi connectivity index (χ3n) is 4.31. The van der Waals surface area contributed by atoms with Gasteiger partial charge in [-0.05, 0) is 54.4 Å². The minimum atomic E-state index is -0.967. The molecule has 144 valence electrons. The molecule has 0 saturated heterocycles. The van der Waals surface area contributed by atoms with Crippen molar-refractivity contribution in [2.75, 3.05) is 5.32 Å². The van der Waals surface area contributed by atoms with Crippen LogP contribution in [0.2, 0.25) is 5.02 Å². The zero-order valence-corrected chi connectivity index (χ0v) is 16.0. The van der Waals surface area contributed by atoms with Crippen molar-refractivity contribution in [2.24, 2.45) is 0 Å². The SMILES string of the molecule is Cc1ccc(C(=O)O)cc1NCc1cccc(OCc2c(F)cccc2Cl)c1. The van der Waals surface area contributed by atoms with Gasteiger partial charge in [0.2, 0.25) is 0 Å². The fraction of sp³-hybridized carbons (Fsp3) is 0.136. The highest BCUT2D eigenvalue weighted by atomic mass is 35.5. The second-order valence-electron chi connectivity index (χ2n) is 6.32. The average Bonchev–Trinajstić information content (AvgIpc) is 2.67. The standard InChI is InChI=1S/C22H19ClFNO3/c1-14-8-9-16(22(26)27)11-21(14)25-12-15-4-2-5-17(10-15)28-13-18-19(23)6-3-7-20(18)24/h2-11,25H,12-13H2,1H3,(H,26,27). The summed E-state index contributed by atoms with van der Waals surface area (Å²) >= 11 is 6.02. The number of anilines is 1. The topological polar surface area (TPSA) is 58.6 Å². The van der Waals surface area contributed by atoms with Gasteiger partial charge in [0.25, 0.3) is 0 Å². The average molecular weight is 400 g/mol. The summed E-state index contributed by atoms with van der Waals surface area (Å²) in [4.78, 5) is 11.1. The molecule has 0 saturated carbocycles. The predicted molar refractivity (Wildman–Crippen MR) is 108 cm³/mol. The summed E-state index contributed by atoms with van der Waals surface area (Å²) in [5.74, 6) is -0.779. The first-order valence-electron chi connectivity index (χ1n) is 8.66. The number of benzene rings is 3. The monoisotopic (exact) mass is 399 g/mol. The summed E-state index contributed by atoms with van der Waals surface area (Å²) < 4.78 is 19.5. The maximum Gasteiger partial charge on any atom is 0.335 e. The van der Waals surface area contributed by atoms with E-state index in [0.29, 0.717) is 22.9 Å². The van der Waals surface area contributed by atoms with Crippen molar-refractivity contribution in [3.63, 3.8) is 0 Å². The predicted octanol–water partition coefficient (Wildman–Crippen LogP) is 5.68. The maximum atomic E-state index is 13.9. The van der Waals surface area contributed by atoms with Gasteiger partial charge >= 0.3 is 5.97 Å². The molecule has 0 atom stereocenters. The first-order chi connectivity index (χ1) is 13.4. The minimum Gasteiger partial charge on any atom is -0.489 e. The molecule has 4 nitrogen and oxygen atoms in total. The second-order valence-corrected chi connectivity index (χ2v) is 6.73. The molecule has 0 radical (unpaired) electrons. The summed E-state index contributed by atoms with van der Waals surface area (Å²) in [5.41, 5.74) is 3.19. The van der Waals surface area contributed by atoms with Gasteiger partial charge in [-0.3, -0.25) is 0 Å². The van der Waals surface area contributed by atoms with Crippen molar-refractivity contribution in [2.45, 2.75) is 20.1 Å². The number of aromatic carboxylic acids is 1. The molecule has 0 spiro atoms. The number of carboxylic acid groups (broad SMARTS) is 1. The molecule has 6 heteroatoms. The highest BCUT2D eigenvalue weighted by molar-refractivity contribution is 6.31. The van der Waals surface area contributed by atoms with Gasteiger partial charge in [0.15, 0.2) is 0 Å². The molecule has 0 fully saturated rings. The van der Waals surface area contributed by atoms with E-state index in [2.05, 4.69) is 5.32 Å². The molecule has 0 aliphatic rings. The van der Waals surface area contributed by atoms with Crippen molar-refractivity contribution in [1.82, 2.24) is 0 Å². The van der Waals surface area contributed by atoms with Gasteiger partial charge in [0.1, 0.15) is 18.2 Å². The number of hydrogen-bond acceptors (Lipinski definition) is 3. The highest BCUT2D eigenvalue weighted by Gasteiger charge is 2.09. The Hall–Kier alpha value is -3.05. The highest BCUT2D eigenvalue weighted by Crippen LogP contribution is 2.23. The Morgan fingerprint density at radius 1 is 1.14 bits per heavy atom. The lowest BCUT2D eigenvalue weighted by Crippen LogP contribution is -2.04. The van der Waals surface area contributed by atoms with E-state index in [0.717, 1.165) is 16.8 Å². The van der Waals surface area contributed by atoms with Gasteiger partial charge < -0.3 is 15.2 Å². The molecule has 0 bridgehead atoms. The maximum absolute atomic E-state index is 13.9. The zero-order valence-electron chi connectivity index (χ0n) is 15.2. The molecular weight excluding hydrogens is 381 g/mol. The van der Waals surface area contributed by atoms with E-state index in [9.17, 15) is 9.18 Å². The van der Waals surface area contributed by atoms with E-state index in [1.807, 2.05) is 25.1 Å². The number of carbonyl (C=O) groups is 1. The van der Waals surface area contributed by atoms with Crippen molar-refractivity contribution >= 4 is 23.3 Å². The summed E-state index contributed by atoms with van der Waals surface area (Å²) in [6, 6.07) is 16.9. The molecule has 3 rings (SSSR count). The summed E-state index contributed by atoms with van der Waals surface area (Å²) in [7, 11) is 0. The van der Waals surface area contributed by atoms with E-state index in [4.69, 9.17) is 21.4 Å². The molecule has 0 unspecified atom stereocenters. The van der Waals surface area contributed by atoms with E-state index in [1.165, 1.54) is 6.07 Å². The Labute approximate surface area is 167 Å². The number of aryl methyl sites for hydroxylation is 1. The van der Waals surface area contributed by atoms with Crippen LogP contribution in [0.15, 0.2) is 60.7 Å². The molecule has 0 aromatic heterocycles. The molecule has 0 aliphatic heterocycles. The number of carboxylic acids is 1. The first kappa shape index (κ1) is 19.7. The first-order valence-corrected chi connectivity index (χ1v) is 9.04. The number of ether oxygens (including phenoxy) is 1. The van der Waals surface area contributed by atoms with Crippen LogP contribution >= 0.6 is 11.6 Å². The summed E-state index contributed by atoms with van der Waals surface area (Å²) in [5, 5.41) is 12.7. The van der Waals surface area contributed by atoms with Crippen LogP contribution in [0.5, 0.6) is 5.75 Å². The number of nitrogens with one attached hydrogen (secondary N) is 1. The lowest BCUT2D eigenvalue weighted by Gasteiger charge is -2.12. The lowest BCUT2D eigenvalue weighted by molar-refractivity contribution is 0.0697. The van der Waals surface area contributed by atoms with E-state index < -0.39 is 11.8 Å². The fourth-order valence-corrected chi connectivity index (χ4v) is 2.93. The molecule has 3 aromatic rings. The van der Waals surface area contributed by atoms with Gasteiger partial charge in [-0.15, -0.1) is 0 Å². The van der Waals surface area contributed by atoms with E-state index >= 15 is 0 Å². The Kier molecular flexibility index (Phi) is 6.16. The largest absolute Gasteiger partial charge is 0.489 e.